The molecule has 0 amide bonds. The van der Waals surface area contributed by atoms with Gasteiger partial charge >= 0.3 is 0 Å². The molecule has 0 N–H and O–H groups in total. The molecule has 1 heterocycles. The molecule has 0 radical (unpaired) electrons. The molecule has 1 aromatic carbocycles. The second-order valence-electron chi connectivity index (χ2n) is 5.17. The van der Waals surface area contributed by atoms with Crippen LogP contribution in [0.4, 0.5) is 0 Å². The Morgan fingerprint density at radius 2 is 1.82 bits per heavy atom. The summed E-state index contributed by atoms with van der Waals surface area (Å²) < 4.78 is 5.41. The van der Waals surface area contributed by atoms with E-state index in [0.717, 1.165) is 32.8 Å². The lowest BCUT2D eigenvalue weighted by atomic mass is 9.79. The van der Waals surface area contributed by atoms with E-state index >= 15 is 0 Å². The first kappa shape index (κ1) is 12.6. The lowest BCUT2D eigenvalue weighted by molar-refractivity contribution is 0.0277. The van der Waals surface area contributed by atoms with Crippen molar-refractivity contribution in [1.82, 2.24) is 4.90 Å². The number of nitrogens with zero attached hydrogens (tertiary/aromatic N) is 1. The molecule has 0 aliphatic carbocycles. The third-order valence-corrected chi connectivity index (χ3v) is 3.93. The largest absolute Gasteiger partial charge is 0.379 e. The zero-order valence-electron chi connectivity index (χ0n) is 11.0. The van der Waals surface area contributed by atoms with Crippen molar-refractivity contribution in [3.05, 3.63) is 35.9 Å². The maximum atomic E-state index is 5.41. The fraction of sp³-hybridized carbons (Fsp3) is 0.600. The molecule has 0 spiro atoms. The highest BCUT2D eigenvalue weighted by molar-refractivity contribution is 5.24. The summed E-state index contributed by atoms with van der Waals surface area (Å²) in [6.07, 6.45) is 1.17. The minimum absolute atomic E-state index is 0.262. The lowest BCUT2D eigenvalue weighted by Gasteiger charge is -2.37. The van der Waals surface area contributed by atoms with Gasteiger partial charge in [0.2, 0.25) is 0 Å². The Morgan fingerprint density at radius 3 is 2.41 bits per heavy atom. The molecular formula is C15H23NO. The van der Waals surface area contributed by atoms with Crippen LogP contribution in [0.2, 0.25) is 0 Å². The van der Waals surface area contributed by atoms with Gasteiger partial charge in [0.15, 0.2) is 0 Å². The van der Waals surface area contributed by atoms with E-state index in [-0.39, 0.29) is 5.41 Å². The van der Waals surface area contributed by atoms with Crippen molar-refractivity contribution in [3.63, 3.8) is 0 Å². The van der Waals surface area contributed by atoms with Crippen LogP contribution in [0.1, 0.15) is 25.8 Å². The molecule has 2 rings (SSSR count). The summed E-state index contributed by atoms with van der Waals surface area (Å²) in [6, 6.07) is 10.9. The average molecular weight is 233 g/mol. The Balaban J connectivity index is 2.08. The maximum absolute atomic E-state index is 5.41. The Morgan fingerprint density at radius 1 is 1.18 bits per heavy atom. The van der Waals surface area contributed by atoms with E-state index in [4.69, 9.17) is 4.74 Å². The number of hydrogen-bond donors (Lipinski definition) is 0. The monoisotopic (exact) mass is 233 g/mol. The molecule has 0 bridgehead atoms. The summed E-state index contributed by atoms with van der Waals surface area (Å²) in [5.74, 6) is 0. The Labute approximate surface area is 105 Å². The van der Waals surface area contributed by atoms with Gasteiger partial charge in [0.1, 0.15) is 0 Å². The SMILES string of the molecule is CCC(C)(CN1CCOCC1)c1ccccc1. The van der Waals surface area contributed by atoms with Gasteiger partial charge in [0.25, 0.3) is 0 Å². The van der Waals surface area contributed by atoms with Crippen LogP contribution in [-0.4, -0.2) is 37.7 Å². The molecule has 17 heavy (non-hydrogen) atoms. The minimum atomic E-state index is 0.262. The summed E-state index contributed by atoms with van der Waals surface area (Å²) in [6.45, 7) is 9.70. The number of rotatable bonds is 4. The van der Waals surface area contributed by atoms with E-state index < -0.39 is 0 Å². The van der Waals surface area contributed by atoms with Crippen LogP contribution in [0.25, 0.3) is 0 Å². The van der Waals surface area contributed by atoms with Crippen molar-refractivity contribution in [1.29, 1.82) is 0 Å². The third-order valence-electron chi connectivity index (χ3n) is 3.93. The van der Waals surface area contributed by atoms with Crippen LogP contribution >= 0.6 is 0 Å². The normalized spacial score (nSPS) is 21.1. The summed E-state index contributed by atoms with van der Waals surface area (Å²) in [4.78, 5) is 2.53. The van der Waals surface area contributed by atoms with E-state index in [1.165, 1.54) is 12.0 Å². The Kier molecular flexibility index (Phi) is 4.19. The molecule has 2 nitrogen and oxygen atoms in total. The molecule has 94 valence electrons. The van der Waals surface area contributed by atoms with Gasteiger partial charge in [-0.15, -0.1) is 0 Å². The van der Waals surface area contributed by atoms with Gasteiger partial charge in [-0.3, -0.25) is 4.90 Å². The van der Waals surface area contributed by atoms with Crippen LogP contribution in [0.5, 0.6) is 0 Å². The van der Waals surface area contributed by atoms with Gasteiger partial charge in [-0.1, -0.05) is 44.2 Å². The topological polar surface area (TPSA) is 12.5 Å². The van der Waals surface area contributed by atoms with Crippen LogP contribution in [0, 0.1) is 0 Å². The lowest BCUT2D eigenvalue weighted by Crippen LogP contribution is -2.44. The predicted octanol–water partition coefficient (Wildman–Crippen LogP) is 2.69. The van der Waals surface area contributed by atoms with Gasteiger partial charge in [-0.2, -0.15) is 0 Å². The van der Waals surface area contributed by atoms with E-state index in [9.17, 15) is 0 Å². The number of hydrogen-bond acceptors (Lipinski definition) is 2. The van der Waals surface area contributed by atoms with Crippen molar-refractivity contribution in [3.8, 4) is 0 Å². The van der Waals surface area contributed by atoms with E-state index in [2.05, 4.69) is 49.1 Å². The summed E-state index contributed by atoms with van der Waals surface area (Å²) >= 11 is 0. The summed E-state index contributed by atoms with van der Waals surface area (Å²) in [5, 5.41) is 0. The van der Waals surface area contributed by atoms with Crippen molar-refractivity contribution >= 4 is 0 Å². The van der Waals surface area contributed by atoms with Crippen LogP contribution in [-0.2, 0) is 10.2 Å². The van der Waals surface area contributed by atoms with Crippen molar-refractivity contribution < 1.29 is 4.74 Å². The molecule has 1 aliphatic heterocycles. The van der Waals surface area contributed by atoms with E-state index in [1.807, 2.05) is 0 Å². The van der Waals surface area contributed by atoms with Gasteiger partial charge < -0.3 is 4.74 Å². The molecule has 0 saturated carbocycles. The summed E-state index contributed by atoms with van der Waals surface area (Å²) in [7, 11) is 0. The number of ether oxygens (including phenoxy) is 1. The van der Waals surface area contributed by atoms with Crippen molar-refractivity contribution in [2.45, 2.75) is 25.7 Å². The number of morpholine rings is 1. The molecule has 2 heteroatoms. The second kappa shape index (κ2) is 5.65. The first-order valence-corrected chi connectivity index (χ1v) is 6.60. The molecule has 1 fully saturated rings. The standard InChI is InChI=1S/C15H23NO/c1-3-15(2,14-7-5-4-6-8-14)13-16-9-11-17-12-10-16/h4-8H,3,9-13H2,1-2H3. The van der Waals surface area contributed by atoms with Crippen LogP contribution in [0.15, 0.2) is 30.3 Å². The zero-order valence-corrected chi connectivity index (χ0v) is 11.0. The Bertz CT molecular complexity index is 332. The first-order valence-electron chi connectivity index (χ1n) is 6.60. The highest BCUT2D eigenvalue weighted by atomic mass is 16.5. The summed E-state index contributed by atoms with van der Waals surface area (Å²) in [5.41, 5.74) is 1.72. The van der Waals surface area contributed by atoms with Crippen LogP contribution in [0.3, 0.4) is 0 Å². The predicted molar refractivity (Wildman–Crippen MR) is 71.3 cm³/mol. The highest BCUT2D eigenvalue weighted by Gasteiger charge is 2.27. The van der Waals surface area contributed by atoms with Crippen molar-refractivity contribution in [2.24, 2.45) is 0 Å². The molecule has 1 aromatic rings. The Hall–Kier alpha value is -0.860. The van der Waals surface area contributed by atoms with E-state index in [0.29, 0.717) is 0 Å². The molecular weight excluding hydrogens is 210 g/mol. The van der Waals surface area contributed by atoms with Crippen LogP contribution < -0.4 is 0 Å². The minimum Gasteiger partial charge on any atom is -0.379 e. The maximum Gasteiger partial charge on any atom is 0.0594 e. The highest BCUT2D eigenvalue weighted by Crippen LogP contribution is 2.28. The molecule has 1 unspecified atom stereocenters. The number of benzene rings is 1. The molecule has 1 aliphatic rings. The van der Waals surface area contributed by atoms with Crippen molar-refractivity contribution in [2.75, 3.05) is 32.8 Å². The third kappa shape index (κ3) is 3.08. The smallest absolute Gasteiger partial charge is 0.0594 e. The molecule has 0 aromatic heterocycles. The fourth-order valence-corrected chi connectivity index (χ4v) is 2.50. The fourth-order valence-electron chi connectivity index (χ4n) is 2.50. The second-order valence-corrected chi connectivity index (χ2v) is 5.17. The van der Waals surface area contributed by atoms with Gasteiger partial charge in [-0.25, -0.2) is 0 Å². The first-order chi connectivity index (χ1) is 8.24. The van der Waals surface area contributed by atoms with Gasteiger partial charge in [0.05, 0.1) is 13.2 Å². The van der Waals surface area contributed by atoms with Gasteiger partial charge in [0, 0.05) is 25.0 Å². The average Bonchev–Trinajstić information content (AvgIpc) is 2.41. The quantitative estimate of drug-likeness (QED) is 0.793. The van der Waals surface area contributed by atoms with E-state index in [1.54, 1.807) is 0 Å². The van der Waals surface area contributed by atoms with Gasteiger partial charge in [-0.05, 0) is 12.0 Å². The molecule has 1 atom stereocenters. The zero-order chi connectivity index (χ0) is 12.1. The molecule has 1 saturated heterocycles.